The van der Waals surface area contributed by atoms with Crippen LogP contribution in [0.1, 0.15) is 23.2 Å². The van der Waals surface area contributed by atoms with E-state index < -0.39 is 0 Å². The molecule has 5 nitrogen and oxygen atoms in total. The van der Waals surface area contributed by atoms with Crippen molar-refractivity contribution in [3.8, 4) is 11.3 Å². The summed E-state index contributed by atoms with van der Waals surface area (Å²) in [5.41, 5.74) is 7.95. The highest BCUT2D eigenvalue weighted by molar-refractivity contribution is 6.33. The van der Waals surface area contributed by atoms with Gasteiger partial charge in [0.25, 0.3) is 5.91 Å². The van der Waals surface area contributed by atoms with Gasteiger partial charge in [-0.25, -0.2) is 0 Å². The van der Waals surface area contributed by atoms with Crippen LogP contribution in [0.25, 0.3) is 11.3 Å². The molecule has 0 unspecified atom stereocenters. The molecule has 0 saturated carbocycles. The Morgan fingerprint density at radius 1 is 1.41 bits per heavy atom. The van der Waals surface area contributed by atoms with Crippen molar-refractivity contribution in [2.75, 3.05) is 13.1 Å². The molecule has 3 rings (SSSR count). The number of amides is 1. The Bertz CT molecular complexity index is 697. The van der Waals surface area contributed by atoms with Gasteiger partial charge >= 0.3 is 0 Å². The fourth-order valence-corrected chi connectivity index (χ4v) is 3.09. The van der Waals surface area contributed by atoms with Crippen LogP contribution in [0, 0.1) is 0 Å². The Balaban J connectivity index is 1.98. The van der Waals surface area contributed by atoms with Crippen molar-refractivity contribution in [1.29, 1.82) is 0 Å². The van der Waals surface area contributed by atoms with E-state index in [0.29, 0.717) is 22.8 Å². The second-order valence-corrected chi connectivity index (χ2v) is 6.11. The normalized spacial score (nSPS) is 18.5. The number of hydrogen-bond donors (Lipinski definition) is 1. The summed E-state index contributed by atoms with van der Waals surface area (Å²) in [7, 11) is 1.80. The average Bonchev–Trinajstić information content (AvgIpc) is 2.88. The quantitative estimate of drug-likeness (QED) is 0.924. The van der Waals surface area contributed by atoms with Gasteiger partial charge < -0.3 is 10.6 Å². The van der Waals surface area contributed by atoms with Gasteiger partial charge in [-0.2, -0.15) is 5.10 Å². The lowest BCUT2D eigenvalue weighted by Gasteiger charge is -2.30. The SMILES string of the molecule is Cn1cc(C(=O)N2CCC[C@@H](N)C2)c(-c2ccccc2Cl)n1. The lowest BCUT2D eigenvalue weighted by Crippen LogP contribution is -2.45. The van der Waals surface area contributed by atoms with E-state index in [0.717, 1.165) is 24.9 Å². The monoisotopic (exact) mass is 318 g/mol. The lowest BCUT2D eigenvalue weighted by atomic mass is 10.0. The maximum Gasteiger partial charge on any atom is 0.257 e. The van der Waals surface area contributed by atoms with Crippen LogP contribution in [-0.4, -0.2) is 39.7 Å². The molecule has 6 heteroatoms. The Morgan fingerprint density at radius 2 is 2.18 bits per heavy atom. The molecule has 22 heavy (non-hydrogen) atoms. The summed E-state index contributed by atoms with van der Waals surface area (Å²) in [6.07, 6.45) is 3.66. The standard InChI is InChI=1S/C16H19ClN4O/c1-20-10-13(16(22)21-8-4-5-11(18)9-21)15(19-20)12-6-2-3-7-14(12)17/h2-3,6-7,10-11H,4-5,8-9,18H2,1H3/t11-/m1/s1. The Morgan fingerprint density at radius 3 is 2.91 bits per heavy atom. The first-order chi connectivity index (χ1) is 10.6. The van der Waals surface area contributed by atoms with Crippen LogP contribution in [0.4, 0.5) is 0 Å². The fraction of sp³-hybridized carbons (Fsp3) is 0.375. The van der Waals surface area contributed by atoms with E-state index >= 15 is 0 Å². The van der Waals surface area contributed by atoms with E-state index in [4.69, 9.17) is 17.3 Å². The third-order valence-corrected chi connectivity index (χ3v) is 4.26. The predicted molar refractivity (Wildman–Crippen MR) is 86.8 cm³/mol. The first-order valence-electron chi connectivity index (χ1n) is 7.39. The van der Waals surface area contributed by atoms with E-state index in [9.17, 15) is 4.79 Å². The summed E-state index contributed by atoms with van der Waals surface area (Å²) < 4.78 is 1.65. The van der Waals surface area contributed by atoms with Crippen molar-refractivity contribution < 1.29 is 4.79 Å². The first kappa shape index (κ1) is 15.1. The molecule has 1 aliphatic rings. The van der Waals surface area contributed by atoms with E-state index in [1.165, 1.54) is 0 Å². The van der Waals surface area contributed by atoms with Crippen molar-refractivity contribution in [2.45, 2.75) is 18.9 Å². The smallest absolute Gasteiger partial charge is 0.257 e. The molecule has 0 bridgehead atoms. The number of likely N-dealkylation sites (tertiary alicyclic amines) is 1. The second-order valence-electron chi connectivity index (χ2n) is 5.70. The molecule has 1 aromatic carbocycles. The molecule has 1 atom stereocenters. The highest BCUT2D eigenvalue weighted by atomic mass is 35.5. The number of carbonyl (C=O) groups is 1. The topological polar surface area (TPSA) is 64.2 Å². The number of benzene rings is 1. The van der Waals surface area contributed by atoms with Gasteiger partial charge in [-0.1, -0.05) is 29.8 Å². The van der Waals surface area contributed by atoms with Gasteiger partial charge in [-0.05, 0) is 18.9 Å². The van der Waals surface area contributed by atoms with Crippen molar-refractivity contribution in [3.05, 3.63) is 41.0 Å². The molecule has 2 aromatic rings. The Hall–Kier alpha value is -1.85. The van der Waals surface area contributed by atoms with E-state index in [2.05, 4.69) is 5.10 Å². The predicted octanol–water partition coefficient (Wildman–Crippen LogP) is 2.30. The second kappa shape index (κ2) is 6.10. The number of hydrogen-bond acceptors (Lipinski definition) is 3. The van der Waals surface area contributed by atoms with Gasteiger partial charge in [0.05, 0.1) is 10.6 Å². The van der Waals surface area contributed by atoms with E-state index in [1.54, 1.807) is 24.0 Å². The summed E-state index contributed by atoms with van der Waals surface area (Å²) in [5.74, 6) is -0.0295. The Labute approximate surface area is 134 Å². The summed E-state index contributed by atoms with van der Waals surface area (Å²) in [5, 5.41) is 5.02. The number of carbonyl (C=O) groups excluding carboxylic acids is 1. The van der Waals surface area contributed by atoms with Gasteiger partial charge in [-0.3, -0.25) is 9.48 Å². The molecule has 1 amide bonds. The molecular weight excluding hydrogens is 300 g/mol. The minimum absolute atomic E-state index is 0.0295. The maximum absolute atomic E-state index is 12.8. The molecule has 1 aliphatic heterocycles. The number of nitrogens with zero attached hydrogens (tertiary/aromatic N) is 3. The van der Waals surface area contributed by atoms with Crippen LogP contribution in [0.15, 0.2) is 30.5 Å². The Kier molecular flexibility index (Phi) is 4.18. The molecule has 0 spiro atoms. The number of halogens is 1. The van der Waals surface area contributed by atoms with Crippen molar-refractivity contribution in [3.63, 3.8) is 0 Å². The zero-order valence-corrected chi connectivity index (χ0v) is 13.3. The summed E-state index contributed by atoms with van der Waals surface area (Å²) in [6.45, 7) is 1.33. The van der Waals surface area contributed by atoms with Crippen LogP contribution < -0.4 is 5.73 Å². The molecule has 116 valence electrons. The zero-order valence-electron chi connectivity index (χ0n) is 12.5. The van der Waals surface area contributed by atoms with Gasteiger partial charge in [0.1, 0.15) is 5.69 Å². The minimum atomic E-state index is -0.0295. The van der Waals surface area contributed by atoms with Gasteiger partial charge in [0.15, 0.2) is 0 Å². The van der Waals surface area contributed by atoms with Crippen molar-refractivity contribution >= 4 is 17.5 Å². The van der Waals surface area contributed by atoms with Crippen molar-refractivity contribution in [1.82, 2.24) is 14.7 Å². The van der Waals surface area contributed by atoms with Crippen LogP contribution in [0.2, 0.25) is 5.02 Å². The molecular formula is C16H19ClN4O. The van der Waals surface area contributed by atoms with Gasteiger partial charge in [0.2, 0.25) is 0 Å². The zero-order chi connectivity index (χ0) is 15.7. The first-order valence-corrected chi connectivity index (χ1v) is 7.77. The summed E-state index contributed by atoms with van der Waals surface area (Å²) in [4.78, 5) is 14.6. The number of nitrogens with two attached hydrogens (primary N) is 1. The van der Waals surface area contributed by atoms with Crippen LogP contribution >= 0.6 is 11.6 Å². The molecule has 2 N–H and O–H groups in total. The molecule has 0 radical (unpaired) electrons. The van der Waals surface area contributed by atoms with Gasteiger partial charge in [-0.15, -0.1) is 0 Å². The summed E-state index contributed by atoms with van der Waals surface area (Å²) >= 11 is 6.26. The number of aromatic nitrogens is 2. The number of aryl methyl sites for hydroxylation is 1. The van der Waals surface area contributed by atoms with Crippen LogP contribution in [0.3, 0.4) is 0 Å². The fourth-order valence-electron chi connectivity index (χ4n) is 2.86. The third-order valence-electron chi connectivity index (χ3n) is 3.93. The molecule has 1 fully saturated rings. The average molecular weight is 319 g/mol. The number of piperidine rings is 1. The molecule has 2 heterocycles. The largest absolute Gasteiger partial charge is 0.337 e. The minimum Gasteiger partial charge on any atom is -0.337 e. The van der Waals surface area contributed by atoms with Gasteiger partial charge in [0, 0.05) is 37.9 Å². The highest BCUT2D eigenvalue weighted by Crippen LogP contribution is 2.30. The van der Waals surface area contributed by atoms with E-state index in [1.807, 2.05) is 23.1 Å². The highest BCUT2D eigenvalue weighted by Gasteiger charge is 2.26. The molecule has 0 aliphatic carbocycles. The number of rotatable bonds is 2. The van der Waals surface area contributed by atoms with Crippen LogP contribution in [0.5, 0.6) is 0 Å². The maximum atomic E-state index is 12.8. The summed E-state index contributed by atoms with van der Waals surface area (Å²) in [6, 6.07) is 7.49. The van der Waals surface area contributed by atoms with Crippen LogP contribution in [-0.2, 0) is 7.05 Å². The molecule has 1 aromatic heterocycles. The van der Waals surface area contributed by atoms with Crippen molar-refractivity contribution in [2.24, 2.45) is 12.8 Å². The lowest BCUT2D eigenvalue weighted by molar-refractivity contribution is 0.0709. The third kappa shape index (κ3) is 2.87. The molecule has 1 saturated heterocycles. The van der Waals surface area contributed by atoms with E-state index in [-0.39, 0.29) is 11.9 Å².